The standard InChI is InChI=1S/C23H21Cl2N3OS/c24-16-9-8-14(13-17(16)25)19-10-11-20(29-19)22-21(18-7-3-4-12-26-18)27-23(30)28(22)15-5-1-2-6-15/h3-4,7-13,15,21-22H,1-2,5-6H2,(H,27,30)/t21-,22+/m1/s1. The van der Waals surface area contributed by atoms with Gasteiger partial charge in [-0.2, -0.15) is 0 Å². The van der Waals surface area contributed by atoms with E-state index in [-0.39, 0.29) is 12.1 Å². The molecule has 1 aliphatic carbocycles. The van der Waals surface area contributed by atoms with Gasteiger partial charge in [0.25, 0.3) is 0 Å². The molecule has 1 saturated carbocycles. The number of nitrogens with zero attached hydrogens (tertiary/aromatic N) is 2. The molecular weight excluding hydrogens is 437 g/mol. The predicted octanol–water partition coefficient (Wildman–Crippen LogP) is 6.56. The van der Waals surface area contributed by atoms with Crippen molar-refractivity contribution < 1.29 is 4.42 Å². The summed E-state index contributed by atoms with van der Waals surface area (Å²) in [7, 11) is 0. The highest BCUT2D eigenvalue weighted by Gasteiger charge is 2.45. The topological polar surface area (TPSA) is 41.3 Å². The second-order valence-corrected chi connectivity index (χ2v) is 9.00. The molecule has 0 unspecified atom stereocenters. The first-order valence-electron chi connectivity index (χ1n) is 10.2. The summed E-state index contributed by atoms with van der Waals surface area (Å²) >= 11 is 18.1. The van der Waals surface area contributed by atoms with Crippen molar-refractivity contribution in [2.24, 2.45) is 0 Å². The van der Waals surface area contributed by atoms with Gasteiger partial charge in [0, 0.05) is 17.8 Å². The Balaban J connectivity index is 1.54. The third-order valence-electron chi connectivity index (χ3n) is 5.98. The van der Waals surface area contributed by atoms with Crippen LogP contribution in [0.1, 0.15) is 49.2 Å². The van der Waals surface area contributed by atoms with E-state index in [9.17, 15) is 0 Å². The van der Waals surface area contributed by atoms with Gasteiger partial charge in [-0.05, 0) is 67.5 Å². The molecule has 3 heterocycles. The number of halogens is 2. The lowest BCUT2D eigenvalue weighted by molar-refractivity contribution is 0.218. The monoisotopic (exact) mass is 457 g/mol. The van der Waals surface area contributed by atoms with Crippen LogP contribution in [-0.2, 0) is 0 Å². The number of hydrogen-bond donors (Lipinski definition) is 1. The van der Waals surface area contributed by atoms with Crippen LogP contribution >= 0.6 is 35.4 Å². The minimum atomic E-state index is -0.0629. The molecule has 2 aliphatic rings. The first-order chi connectivity index (χ1) is 14.6. The Morgan fingerprint density at radius 2 is 1.87 bits per heavy atom. The number of aromatic nitrogens is 1. The second-order valence-electron chi connectivity index (χ2n) is 7.80. The van der Waals surface area contributed by atoms with Crippen LogP contribution in [-0.4, -0.2) is 21.0 Å². The predicted molar refractivity (Wildman–Crippen MR) is 124 cm³/mol. The zero-order valence-electron chi connectivity index (χ0n) is 16.2. The van der Waals surface area contributed by atoms with E-state index in [0.717, 1.165) is 40.7 Å². The molecule has 0 bridgehead atoms. The number of pyridine rings is 1. The van der Waals surface area contributed by atoms with Crippen LogP contribution in [0.25, 0.3) is 11.3 Å². The maximum Gasteiger partial charge on any atom is 0.170 e. The Morgan fingerprint density at radius 1 is 1.03 bits per heavy atom. The molecule has 2 atom stereocenters. The van der Waals surface area contributed by atoms with Gasteiger partial charge in [0.1, 0.15) is 17.6 Å². The minimum Gasteiger partial charge on any atom is -0.459 e. The summed E-state index contributed by atoms with van der Waals surface area (Å²) in [6, 6.07) is 15.8. The minimum absolute atomic E-state index is 0.0491. The largest absolute Gasteiger partial charge is 0.459 e. The van der Waals surface area contributed by atoms with Crippen LogP contribution in [0.2, 0.25) is 10.0 Å². The molecule has 1 aromatic carbocycles. The molecular formula is C23H21Cl2N3OS. The number of hydrogen-bond acceptors (Lipinski definition) is 3. The maximum atomic E-state index is 6.37. The van der Waals surface area contributed by atoms with E-state index in [1.54, 1.807) is 6.07 Å². The normalized spacial score (nSPS) is 21.9. The van der Waals surface area contributed by atoms with Crippen molar-refractivity contribution in [3.8, 4) is 11.3 Å². The molecule has 0 spiro atoms. The van der Waals surface area contributed by atoms with Crippen molar-refractivity contribution in [2.45, 2.75) is 43.8 Å². The van der Waals surface area contributed by atoms with Gasteiger partial charge in [-0.3, -0.25) is 4.98 Å². The van der Waals surface area contributed by atoms with Crippen molar-refractivity contribution in [2.75, 3.05) is 0 Å². The molecule has 30 heavy (non-hydrogen) atoms. The number of rotatable bonds is 4. The van der Waals surface area contributed by atoms with Crippen LogP contribution < -0.4 is 5.32 Å². The van der Waals surface area contributed by atoms with E-state index in [0.29, 0.717) is 16.1 Å². The van der Waals surface area contributed by atoms with Gasteiger partial charge in [0.2, 0.25) is 0 Å². The lowest BCUT2D eigenvalue weighted by Crippen LogP contribution is -2.37. The summed E-state index contributed by atoms with van der Waals surface area (Å²) in [6.45, 7) is 0. The fourth-order valence-electron chi connectivity index (χ4n) is 4.56. The van der Waals surface area contributed by atoms with Crippen molar-refractivity contribution in [1.82, 2.24) is 15.2 Å². The quantitative estimate of drug-likeness (QED) is 0.448. The number of furan rings is 1. The molecule has 3 aromatic rings. The zero-order chi connectivity index (χ0) is 20.7. The van der Waals surface area contributed by atoms with E-state index in [1.165, 1.54) is 12.8 Å². The number of benzene rings is 1. The van der Waals surface area contributed by atoms with E-state index < -0.39 is 0 Å². The smallest absolute Gasteiger partial charge is 0.170 e. The first kappa shape index (κ1) is 19.9. The third kappa shape index (κ3) is 3.59. The van der Waals surface area contributed by atoms with E-state index in [1.807, 2.05) is 48.7 Å². The highest BCUT2D eigenvalue weighted by molar-refractivity contribution is 7.80. The third-order valence-corrected chi connectivity index (χ3v) is 7.04. The molecule has 1 aliphatic heterocycles. The summed E-state index contributed by atoms with van der Waals surface area (Å²) in [6.07, 6.45) is 6.58. The van der Waals surface area contributed by atoms with Crippen LogP contribution in [0, 0.1) is 0 Å². The molecule has 2 fully saturated rings. The van der Waals surface area contributed by atoms with Gasteiger partial charge in [0.05, 0.1) is 21.8 Å². The molecule has 5 rings (SSSR count). The van der Waals surface area contributed by atoms with Crippen molar-refractivity contribution >= 4 is 40.5 Å². The highest BCUT2D eigenvalue weighted by atomic mass is 35.5. The molecule has 1 saturated heterocycles. The fraction of sp³-hybridized carbons (Fsp3) is 0.304. The summed E-state index contributed by atoms with van der Waals surface area (Å²) in [5.41, 5.74) is 1.85. The van der Waals surface area contributed by atoms with Crippen LogP contribution in [0.5, 0.6) is 0 Å². The van der Waals surface area contributed by atoms with Gasteiger partial charge in [-0.15, -0.1) is 0 Å². The Bertz CT molecular complexity index is 1070. The fourth-order valence-corrected chi connectivity index (χ4v) is 5.25. The average Bonchev–Trinajstić information content (AvgIpc) is 3.50. The van der Waals surface area contributed by atoms with Gasteiger partial charge in [-0.25, -0.2) is 0 Å². The van der Waals surface area contributed by atoms with E-state index in [2.05, 4.69) is 15.2 Å². The Morgan fingerprint density at radius 3 is 2.60 bits per heavy atom. The average molecular weight is 458 g/mol. The molecule has 0 amide bonds. The van der Waals surface area contributed by atoms with E-state index in [4.69, 9.17) is 39.8 Å². The van der Waals surface area contributed by atoms with E-state index >= 15 is 0 Å². The SMILES string of the molecule is S=C1N[C@H](c2ccccn2)[C@H](c2ccc(-c3ccc(Cl)c(Cl)c3)o2)N1C1CCCC1. The molecule has 2 aromatic heterocycles. The molecule has 1 N–H and O–H groups in total. The van der Waals surface area contributed by atoms with Crippen molar-refractivity contribution in [1.29, 1.82) is 0 Å². The van der Waals surface area contributed by atoms with Crippen molar-refractivity contribution in [3.05, 3.63) is 76.2 Å². The van der Waals surface area contributed by atoms with Crippen LogP contribution in [0.15, 0.2) is 59.1 Å². The Labute approximate surface area is 191 Å². The Kier molecular flexibility index (Phi) is 5.44. The summed E-state index contributed by atoms with van der Waals surface area (Å²) in [4.78, 5) is 6.93. The summed E-state index contributed by atoms with van der Waals surface area (Å²) in [5, 5.41) is 5.32. The maximum absolute atomic E-state index is 6.37. The summed E-state index contributed by atoms with van der Waals surface area (Å²) in [5.74, 6) is 1.62. The zero-order valence-corrected chi connectivity index (χ0v) is 18.6. The number of nitrogens with one attached hydrogen (secondary N) is 1. The Hall–Kier alpha value is -2.08. The second kappa shape index (κ2) is 8.22. The van der Waals surface area contributed by atoms with Gasteiger partial charge < -0.3 is 14.6 Å². The molecule has 154 valence electrons. The van der Waals surface area contributed by atoms with Gasteiger partial charge in [0.15, 0.2) is 5.11 Å². The van der Waals surface area contributed by atoms with Crippen LogP contribution in [0.4, 0.5) is 0 Å². The molecule has 7 heteroatoms. The van der Waals surface area contributed by atoms with Gasteiger partial charge >= 0.3 is 0 Å². The lowest BCUT2D eigenvalue weighted by Gasteiger charge is -2.31. The summed E-state index contributed by atoms with van der Waals surface area (Å²) < 4.78 is 6.37. The first-order valence-corrected chi connectivity index (χ1v) is 11.3. The highest BCUT2D eigenvalue weighted by Crippen LogP contribution is 2.44. The lowest BCUT2D eigenvalue weighted by atomic mass is 10.0. The van der Waals surface area contributed by atoms with Crippen LogP contribution in [0.3, 0.4) is 0 Å². The molecule has 4 nitrogen and oxygen atoms in total. The molecule has 0 radical (unpaired) electrons. The number of thiocarbonyl (C=S) groups is 1. The van der Waals surface area contributed by atoms with Crippen molar-refractivity contribution in [3.63, 3.8) is 0 Å². The van der Waals surface area contributed by atoms with Gasteiger partial charge in [-0.1, -0.05) is 42.1 Å².